The van der Waals surface area contributed by atoms with Gasteiger partial charge in [0.2, 0.25) is 0 Å². The predicted molar refractivity (Wildman–Crippen MR) is 113 cm³/mol. The molecule has 0 spiro atoms. The number of hydrogen-bond donors (Lipinski definition) is 1. The Balaban J connectivity index is 1.71. The van der Waals surface area contributed by atoms with Crippen molar-refractivity contribution in [1.82, 2.24) is 4.90 Å². The van der Waals surface area contributed by atoms with Crippen molar-refractivity contribution < 1.29 is 9.59 Å². The van der Waals surface area contributed by atoms with Gasteiger partial charge in [0, 0.05) is 30.5 Å². The minimum atomic E-state index is -0.297. The Labute approximate surface area is 168 Å². The summed E-state index contributed by atoms with van der Waals surface area (Å²) in [7, 11) is 3.93. The first-order chi connectivity index (χ1) is 12.9. The Morgan fingerprint density at radius 3 is 2.52 bits per heavy atom. The number of nitrogens with zero attached hydrogens (tertiary/aromatic N) is 2. The third kappa shape index (κ3) is 4.28. The van der Waals surface area contributed by atoms with Gasteiger partial charge in [-0.05, 0) is 60.2 Å². The van der Waals surface area contributed by atoms with Gasteiger partial charge in [-0.1, -0.05) is 29.8 Å². The molecule has 0 radical (unpaired) electrons. The van der Waals surface area contributed by atoms with Gasteiger partial charge in [-0.25, -0.2) is 0 Å². The molecule has 7 heteroatoms. The normalized spacial score (nSPS) is 15.6. The van der Waals surface area contributed by atoms with E-state index in [1.807, 2.05) is 62.3 Å². The van der Waals surface area contributed by atoms with Crippen LogP contribution in [0, 0.1) is 6.92 Å². The fourth-order valence-electron chi connectivity index (χ4n) is 2.62. The van der Waals surface area contributed by atoms with E-state index >= 15 is 0 Å². The summed E-state index contributed by atoms with van der Waals surface area (Å²) in [6, 6.07) is 13.3. The van der Waals surface area contributed by atoms with Crippen molar-refractivity contribution in [3.63, 3.8) is 0 Å². The molecule has 27 heavy (non-hydrogen) atoms. The van der Waals surface area contributed by atoms with Gasteiger partial charge >= 0.3 is 0 Å². The number of thioether (sulfide) groups is 1. The van der Waals surface area contributed by atoms with Gasteiger partial charge in [0.1, 0.15) is 0 Å². The van der Waals surface area contributed by atoms with Crippen LogP contribution in [-0.4, -0.2) is 36.8 Å². The molecule has 2 aromatic rings. The number of halogens is 1. The zero-order chi connectivity index (χ0) is 19.6. The highest BCUT2D eigenvalue weighted by Gasteiger charge is 2.34. The number of hydrogen-bond acceptors (Lipinski definition) is 5. The second-order valence-corrected chi connectivity index (χ2v) is 7.74. The van der Waals surface area contributed by atoms with E-state index in [0.717, 1.165) is 34.3 Å². The van der Waals surface area contributed by atoms with E-state index in [-0.39, 0.29) is 17.8 Å². The molecule has 1 N–H and O–H groups in total. The molecule has 1 aliphatic heterocycles. The molecule has 0 aromatic heterocycles. The lowest BCUT2D eigenvalue weighted by Gasteiger charge is -2.16. The van der Waals surface area contributed by atoms with E-state index in [0.29, 0.717) is 9.93 Å². The molecule has 0 aliphatic carbocycles. The Bertz CT molecular complexity index is 910. The second-order valence-electron chi connectivity index (χ2n) is 6.34. The van der Waals surface area contributed by atoms with Crippen molar-refractivity contribution in [2.24, 2.45) is 0 Å². The molecule has 0 unspecified atom stereocenters. The number of anilines is 2. The average Bonchev–Trinajstić information content (AvgIpc) is 2.90. The number of amides is 2. The summed E-state index contributed by atoms with van der Waals surface area (Å²) in [5.41, 5.74) is 3.62. The monoisotopic (exact) mass is 401 g/mol. The molecule has 5 nitrogen and oxygen atoms in total. The highest BCUT2D eigenvalue weighted by molar-refractivity contribution is 8.18. The molecular weight excluding hydrogens is 382 g/mol. The summed E-state index contributed by atoms with van der Waals surface area (Å²) in [5.74, 6) is -0.297. The van der Waals surface area contributed by atoms with E-state index in [1.165, 1.54) is 4.90 Å². The van der Waals surface area contributed by atoms with Crippen LogP contribution in [0.1, 0.15) is 11.1 Å². The first-order valence-electron chi connectivity index (χ1n) is 8.38. The Kier molecular flexibility index (Phi) is 5.77. The van der Waals surface area contributed by atoms with Crippen LogP contribution >= 0.6 is 23.4 Å². The molecule has 1 aliphatic rings. The molecule has 140 valence electrons. The van der Waals surface area contributed by atoms with Crippen LogP contribution in [0.25, 0.3) is 6.08 Å². The largest absolute Gasteiger partial charge is 0.378 e. The zero-order valence-electron chi connectivity index (χ0n) is 15.3. The Morgan fingerprint density at radius 2 is 1.85 bits per heavy atom. The average molecular weight is 402 g/mol. The molecule has 2 amide bonds. The Hall–Kier alpha value is -2.44. The summed E-state index contributed by atoms with van der Waals surface area (Å²) >= 11 is 7.06. The highest BCUT2D eigenvalue weighted by Crippen LogP contribution is 2.32. The van der Waals surface area contributed by atoms with Crippen molar-refractivity contribution in [3.05, 3.63) is 63.5 Å². The van der Waals surface area contributed by atoms with Gasteiger partial charge in [-0.15, -0.1) is 0 Å². The molecule has 1 heterocycles. The van der Waals surface area contributed by atoms with Crippen LogP contribution in [0.3, 0.4) is 0 Å². The van der Waals surface area contributed by atoms with Gasteiger partial charge in [-0.2, -0.15) is 0 Å². The van der Waals surface area contributed by atoms with Crippen molar-refractivity contribution in [2.45, 2.75) is 6.92 Å². The zero-order valence-corrected chi connectivity index (χ0v) is 16.9. The van der Waals surface area contributed by atoms with Gasteiger partial charge in [0.15, 0.2) is 0 Å². The van der Waals surface area contributed by atoms with Gasteiger partial charge in [0.05, 0.1) is 11.6 Å². The van der Waals surface area contributed by atoms with E-state index < -0.39 is 0 Å². The summed E-state index contributed by atoms with van der Waals surface area (Å²) in [6.45, 7) is 1.98. The molecule has 0 saturated carbocycles. The SMILES string of the molecule is Cc1c(Cl)cccc1NCN1C(=O)SC(=Cc2ccc(N(C)C)cc2)C1=O. The van der Waals surface area contributed by atoms with E-state index in [2.05, 4.69) is 5.32 Å². The number of carbonyl (C=O) groups is 2. The fourth-order valence-corrected chi connectivity index (χ4v) is 3.63. The smallest absolute Gasteiger partial charge is 0.295 e. The summed E-state index contributed by atoms with van der Waals surface area (Å²) in [6.07, 6.45) is 1.75. The molecule has 1 fully saturated rings. The molecular formula is C20H20ClN3O2S. The molecule has 3 rings (SSSR count). The number of carbonyl (C=O) groups excluding carboxylic acids is 2. The topological polar surface area (TPSA) is 52.7 Å². The van der Waals surface area contributed by atoms with Crippen LogP contribution < -0.4 is 10.2 Å². The third-order valence-corrected chi connectivity index (χ3v) is 5.59. The number of benzene rings is 2. The first-order valence-corrected chi connectivity index (χ1v) is 9.58. The predicted octanol–water partition coefficient (Wildman–Crippen LogP) is 4.82. The number of imide groups is 1. The van der Waals surface area contributed by atoms with Crippen molar-refractivity contribution in [1.29, 1.82) is 0 Å². The van der Waals surface area contributed by atoms with Crippen molar-refractivity contribution in [2.75, 3.05) is 31.0 Å². The van der Waals surface area contributed by atoms with Crippen LogP contribution in [0.4, 0.5) is 16.2 Å². The molecule has 0 bridgehead atoms. The van der Waals surface area contributed by atoms with E-state index in [4.69, 9.17) is 11.6 Å². The van der Waals surface area contributed by atoms with Crippen molar-refractivity contribution in [3.8, 4) is 0 Å². The molecule has 1 saturated heterocycles. The van der Waals surface area contributed by atoms with E-state index in [9.17, 15) is 9.59 Å². The molecule has 2 aromatic carbocycles. The lowest BCUT2D eigenvalue weighted by Crippen LogP contribution is -2.33. The standard InChI is InChI=1S/C20H20ClN3O2S/c1-13-16(21)5-4-6-17(13)22-12-24-19(25)18(27-20(24)26)11-14-7-9-15(10-8-14)23(2)3/h4-11,22H,12H2,1-3H3. The van der Waals surface area contributed by atoms with Crippen LogP contribution in [0.15, 0.2) is 47.4 Å². The number of rotatable bonds is 5. The summed E-state index contributed by atoms with van der Waals surface area (Å²) in [5, 5.41) is 3.46. The number of nitrogens with one attached hydrogen (secondary N) is 1. The Morgan fingerprint density at radius 1 is 1.15 bits per heavy atom. The highest BCUT2D eigenvalue weighted by atomic mass is 35.5. The van der Waals surface area contributed by atoms with Gasteiger partial charge in [-0.3, -0.25) is 14.5 Å². The first kappa shape index (κ1) is 19.3. The molecule has 0 atom stereocenters. The third-order valence-electron chi connectivity index (χ3n) is 4.28. The second kappa shape index (κ2) is 8.06. The fraction of sp³-hybridized carbons (Fsp3) is 0.200. The minimum Gasteiger partial charge on any atom is -0.378 e. The maximum absolute atomic E-state index is 12.6. The lowest BCUT2D eigenvalue weighted by atomic mass is 10.2. The van der Waals surface area contributed by atoms with Gasteiger partial charge < -0.3 is 10.2 Å². The van der Waals surface area contributed by atoms with Gasteiger partial charge in [0.25, 0.3) is 11.1 Å². The van der Waals surface area contributed by atoms with E-state index in [1.54, 1.807) is 12.1 Å². The minimum absolute atomic E-state index is 0.1000. The summed E-state index contributed by atoms with van der Waals surface area (Å²) < 4.78 is 0. The van der Waals surface area contributed by atoms with Crippen LogP contribution in [0.5, 0.6) is 0 Å². The lowest BCUT2D eigenvalue weighted by molar-refractivity contribution is -0.122. The maximum Gasteiger partial charge on any atom is 0.295 e. The van der Waals surface area contributed by atoms with Crippen LogP contribution in [0.2, 0.25) is 5.02 Å². The van der Waals surface area contributed by atoms with Crippen LogP contribution in [-0.2, 0) is 4.79 Å². The van der Waals surface area contributed by atoms with Crippen molar-refractivity contribution >= 4 is 52.0 Å². The summed E-state index contributed by atoms with van der Waals surface area (Å²) in [4.78, 5) is 28.5. The maximum atomic E-state index is 12.6. The quantitative estimate of drug-likeness (QED) is 0.728.